The number of amides is 1. The van der Waals surface area contributed by atoms with Gasteiger partial charge in [-0.15, -0.1) is 16.4 Å². The molecule has 28 heavy (non-hydrogen) atoms. The lowest BCUT2D eigenvalue weighted by Crippen LogP contribution is -2.30. The van der Waals surface area contributed by atoms with E-state index in [-0.39, 0.29) is 17.7 Å². The summed E-state index contributed by atoms with van der Waals surface area (Å²) in [5.41, 5.74) is 1.17. The smallest absolute Gasteiger partial charge is 0.279 e. The van der Waals surface area contributed by atoms with Crippen molar-refractivity contribution < 1.29 is 14.7 Å². The minimum absolute atomic E-state index is 0.0158. The molecule has 0 bridgehead atoms. The van der Waals surface area contributed by atoms with E-state index in [0.717, 1.165) is 29.5 Å². The van der Waals surface area contributed by atoms with E-state index in [4.69, 9.17) is 0 Å². The standard InChI is InChI=1S/C19H18N4O4S/c1-10-2-7-13-14(8-10)28-17-16(13)18(25)23(22-21-17)9-15(24)20-12-5-3-11(4-6-12)19(26)27/h3-6,10H,2,7-9H2,1H3,(H,20,24)(H,26,27)/p-1/t10-/m1/s1. The molecule has 0 saturated heterocycles. The van der Waals surface area contributed by atoms with Gasteiger partial charge in [0, 0.05) is 10.6 Å². The van der Waals surface area contributed by atoms with Crippen LogP contribution < -0.4 is 16.0 Å². The van der Waals surface area contributed by atoms with Gasteiger partial charge in [-0.25, -0.2) is 4.68 Å². The van der Waals surface area contributed by atoms with Crippen LogP contribution in [-0.2, 0) is 24.2 Å². The van der Waals surface area contributed by atoms with Gasteiger partial charge in [0.05, 0.1) is 11.4 Å². The molecule has 2 heterocycles. The fraction of sp³-hybridized carbons (Fsp3) is 0.316. The first-order chi connectivity index (χ1) is 13.4. The lowest BCUT2D eigenvalue weighted by Gasteiger charge is -2.17. The minimum Gasteiger partial charge on any atom is -0.545 e. The number of anilines is 1. The summed E-state index contributed by atoms with van der Waals surface area (Å²) in [5.74, 6) is -1.15. The fourth-order valence-electron chi connectivity index (χ4n) is 3.42. The second kappa shape index (κ2) is 7.16. The van der Waals surface area contributed by atoms with E-state index in [1.165, 1.54) is 40.5 Å². The molecule has 4 rings (SSSR count). The Labute approximate surface area is 163 Å². The van der Waals surface area contributed by atoms with Crippen LogP contribution in [0.5, 0.6) is 0 Å². The summed E-state index contributed by atoms with van der Waals surface area (Å²) in [5, 5.41) is 22.0. The van der Waals surface area contributed by atoms with Gasteiger partial charge in [0.15, 0.2) is 4.83 Å². The van der Waals surface area contributed by atoms with Gasteiger partial charge in [0.1, 0.15) is 6.54 Å². The van der Waals surface area contributed by atoms with Crippen molar-refractivity contribution in [2.75, 3.05) is 5.32 Å². The van der Waals surface area contributed by atoms with Crippen LogP contribution in [0.3, 0.4) is 0 Å². The lowest BCUT2D eigenvalue weighted by molar-refractivity contribution is -0.255. The van der Waals surface area contributed by atoms with Crippen molar-refractivity contribution in [1.29, 1.82) is 0 Å². The van der Waals surface area contributed by atoms with E-state index in [1.54, 1.807) is 0 Å². The molecule has 1 aliphatic rings. The van der Waals surface area contributed by atoms with Gasteiger partial charge in [-0.1, -0.05) is 24.3 Å². The molecule has 3 aromatic rings. The number of nitrogens with zero attached hydrogens (tertiary/aromatic N) is 3. The SMILES string of the molecule is C[C@@H]1CCc2c(sc3nnn(CC(=O)Nc4ccc(C(=O)[O-])cc4)c(=O)c23)C1. The van der Waals surface area contributed by atoms with E-state index >= 15 is 0 Å². The van der Waals surface area contributed by atoms with Gasteiger partial charge in [0.25, 0.3) is 5.56 Å². The number of hydrogen-bond acceptors (Lipinski definition) is 7. The highest BCUT2D eigenvalue weighted by Gasteiger charge is 2.24. The third-order valence-electron chi connectivity index (χ3n) is 4.88. The van der Waals surface area contributed by atoms with E-state index in [9.17, 15) is 19.5 Å². The topological polar surface area (TPSA) is 117 Å². The second-order valence-electron chi connectivity index (χ2n) is 7.00. The molecule has 9 heteroatoms. The number of benzene rings is 1. The Bertz CT molecular complexity index is 1130. The Hall–Kier alpha value is -3.07. The lowest BCUT2D eigenvalue weighted by atomic mass is 9.89. The second-order valence-corrected chi connectivity index (χ2v) is 8.08. The van der Waals surface area contributed by atoms with E-state index in [2.05, 4.69) is 22.6 Å². The molecule has 0 saturated carbocycles. The molecule has 0 fully saturated rings. The quantitative estimate of drug-likeness (QED) is 0.701. The highest BCUT2D eigenvalue weighted by Crippen LogP contribution is 2.35. The van der Waals surface area contributed by atoms with Gasteiger partial charge in [-0.2, -0.15) is 0 Å². The third-order valence-corrected chi connectivity index (χ3v) is 6.02. The first-order valence-electron chi connectivity index (χ1n) is 8.91. The molecule has 0 unspecified atom stereocenters. The highest BCUT2D eigenvalue weighted by molar-refractivity contribution is 7.18. The van der Waals surface area contributed by atoms with Crippen LogP contribution in [-0.4, -0.2) is 26.9 Å². The number of carboxylic acid groups (broad SMARTS) is 1. The molecule has 144 valence electrons. The van der Waals surface area contributed by atoms with Crippen LogP contribution in [0.4, 0.5) is 5.69 Å². The summed E-state index contributed by atoms with van der Waals surface area (Å²) in [6.45, 7) is 1.92. The Balaban J connectivity index is 1.56. The highest BCUT2D eigenvalue weighted by atomic mass is 32.1. The number of nitrogens with one attached hydrogen (secondary N) is 1. The first-order valence-corrected chi connectivity index (χ1v) is 9.73. The maximum atomic E-state index is 12.9. The average Bonchev–Trinajstić information content (AvgIpc) is 3.02. The molecule has 2 aromatic heterocycles. The Kier molecular flexibility index (Phi) is 4.68. The molecule has 0 radical (unpaired) electrons. The number of hydrogen-bond donors (Lipinski definition) is 1. The number of carboxylic acids is 1. The van der Waals surface area contributed by atoms with Crippen molar-refractivity contribution in [2.24, 2.45) is 5.92 Å². The fourth-order valence-corrected chi connectivity index (χ4v) is 4.74. The molecule has 8 nitrogen and oxygen atoms in total. The van der Waals surface area contributed by atoms with Gasteiger partial charge in [-0.3, -0.25) is 9.59 Å². The molecule has 1 atom stereocenters. The van der Waals surface area contributed by atoms with Crippen molar-refractivity contribution in [3.63, 3.8) is 0 Å². The van der Waals surface area contributed by atoms with Crippen LogP contribution >= 0.6 is 11.3 Å². The van der Waals surface area contributed by atoms with E-state index < -0.39 is 11.9 Å². The number of aryl methyl sites for hydroxylation is 1. The molecule has 1 aromatic carbocycles. The zero-order chi connectivity index (χ0) is 19.8. The summed E-state index contributed by atoms with van der Waals surface area (Å²) in [7, 11) is 0. The molecule has 0 spiro atoms. The van der Waals surface area contributed by atoms with Crippen molar-refractivity contribution in [3.05, 3.63) is 50.6 Å². The number of fused-ring (bicyclic) bond motifs is 3. The van der Waals surface area contributed by atoms with Crippen LogP contribution in [0.25, 0.3) is 10.2 Å². The summed E-state index contributed by atoms with van der Waals surface area (Å²) in [4.78, 5) is 37.7. The molecule has 1 N–H and O–H groups in total. The van der Waals surface area contributed by atoms with Crippen molar-refractivity contribution in [2.45, 2.75) is 32.7 Å². The normalized spacial score (nSPS) is 16.0. The zero-order valence-electron chi connectivity index (χ0n) is 15.1. The summed E-state index contributed by atoms with van der Waals surface area (Å²) >= 11 is 1.51. The predicted molar refractivity (Wildman–Crippen MR) is 102 cm³/mol. The average molecular weight is 397 g/mol. The summed E-state index contributed by atoms with van der Waals surface area (Å²) < 4.78 is 1.07. The van der Waals surface area contributed by atoms with Gasteiger partial charge < -0.3 is 15.2 Å². The monoisotopic (exact) mass is 397 g/mol. The van der Waals surface area contributed by atoms with Crippen molar-refractivity contribution in [3.8, 4) is 0 Å². The first kappa shape index (κ1) is 18.3. The number of carbonyl (C=O) groups excluding carboxylic acids is 2. The summed E-state index contributed by atoms with van der Waals surface area (Å²) in [6.07, 6.45) is 2.81. The number of rotatable bonds is 4. The molecule has 1 aliphatic carbocycles. The van der Waals surface area contributed by atoms with Gasteiger partial charge in [-0.05, 0) is 48.4 Å². The van der Waals surface area contributed by atoms with Crippen LogP contribution in [0.15, 0.2) is 29.1 Å². The number of aromatic carboxylic acids is 1. The summed E-state index contributed by atoms with van der Waals surface area (Å²) in [6, 6.07) is 5.58. The number of aromatic nitrogens is 3. The zero-order valence-corrected chi connectivity index (χ0v) is 15.9. The number of carbonyl (C=O) groups is 2. The molecular weight excluding hydrogens is 380 g/mol. The Morgan fingerprint density at radius 3 is 2.79 bits per heavy atom. The van der Waals surface area contributed by atoms with Gasteiger partial charge in [0.2, 0.25) is 5.91 Å². The molecule has 0 aliphatic heterocycles. The largest absolute Gasteiger partial charge is 0.545 e. The molecule has 1 amide bonds. The van der Waals surface area contributed by atoms with Crippen LogP contribution in [0.1, 0.15) is 34.1 Å². The maximum Gasteiger partial charge on any atom is 0.279 e. The Morgan fingerprint density at radius 2 is 2.07 bits per heavy atom. The predicted octanol–water partition coefficient (Wildman–Crippen LogP) is 0.980. The number of thiophene rings is 1. The van der Waals surface area contributed by atoms with Crippen LogP contribution in [0.2, 0.25) is 0 Å². The molecular formula is C19H17N4O4S-. The third kappa shape index (κ3) is 3.40. The van der Waals surface area contributed by atoms with E-state index in [1.807, 2.05) is 0 Å². The van der Waals surface area contributed by atoms with Crippen molar-refractivity contribution >= 4 is 39.1 Å². The van der Waals surface area contributed by atoms with E-state index in [0.29, 0.717) is 21.8 Å². The maximum absolute atomic E-state index is 12.9. The minimum atomic E-state index is -1.29. The van der Waals surface area contributed by atoms with Crippen LogP contribution in [0, 0.1) is 5.92 Å². The van der Waals surface area contributed by atoms with Crippen molar-refractivity contribution in [1.82, 2.24) is 15.0 Å². The Morgan fingerprint density at radius 1 is 1.32 bits per heavy atom. The van der Waals surface area contributed by atoms with Gasteiger partial charge >= 0.3 is 0 Å².